The van der Waals surface area contributed by atoms with Crippen molar-refractivity contribution in [1.82, 2.24) is 10.6 Å². The number of urea groups is 1. The molecule has 1 aliphatic rings. The van der Waals surface area contributed by atoms with Crippen LogP contribution in [0.2, 0.25) is 0 Å². The Hall–Kier alpha value is -1.85. The number of hydrogen-bond acceptors (Lipinski definition) is 3. The summed E-state index contributed by atoms with van der Waals surface area (Å²) in [5.74, 6) is 0. The van der Waals surface area contributed by atoms with Crippen LogP contribution < -0.4 is 10.6 Å². The Morgan fingerprint density at radius 1 is 1.38 bits per heavy atom. The minimum Gasteiger partial charge on any atom is -0.387 e. The Labute approximate surface area is 127 Å². The number of amides is 2. The van der Waals surface area contributed by atoms with Gasteiger partial charge in [0.05, 0.1) is 12.1 Å². The third kappa shape index (κ3) is 3.25. The highest BCUT2D eigenvalue weighted by atomic mass is 32.1. The molecule has 3 rings (SSSR count). The highest BCUT2D eigenvalue weighted by Crippen LogP contribution is 2.30. The van der Waals surface area contributed by atoms with Crippen molar-refractivity contribution in [3.05, 3.63) is 57.8 Å². The normalized spacial score (nSPS) is 18.0. The van der Waals surface area contributed by atoms with Crippen molar-refractivity contribution >= 4 is 17.4 Å². The van der Waals surface area contributed by atoms with Gasteiger partial charge in [-0.15, -0.1) is 0 Å². The number of thiophene rings is 1. The summed E-state index contributed by atoms with van der Waals surface area (Å²) in [5.41, 5.74) is 3.35. The Kier molecular flexibility index (Phi) is 4.22. The van der Waals surface area contributed by atoms with E-state index in [2.05, 4.69) is 22.8 Å². The molecule has 0 bridgehead atoms. The van der Waals surface area contributed by atoms with Crippen molar-refractivity contribution < 1.29 is 9.90 Å². The maximum absolute atomic E-state index is 12.0. The van der Waals surface area contributed by atoms with E-state index in [0.29, 0.717) is 0 Å². The van der Waals surface area contributed by atoms with Crippen LogP contribution in [0.3, 0.4) is 0 Å². The summed E-state index contributed by atoms with van der Waals surface area (Å²) < 4.78 is 0. The molecule has 0 fully saturated rings. The zero-order chi connectivity index (χ0) is 14.7. The van der Waals surface area contributed by atoms with Crippen molar-refractivity contribution in [2.75, 3.05) is 6.54 Å². The van der Waals surface area contributed by atoms with Crippen LogP contribution in [-0.4, -0.2) is 17.7 Å². The van der Waals surface area contributed by atoms with E-state index in [4.69, 9.17) is 0 Å². The number of hydrogen-bond donors (Lipinski definition) is 3. The summed E-state index contributed by atoms with van der Waals surface area (Å²) in [6.45, 7) is 0.219. The molecule has 0 saturated carbocycles. The van der Waals surface area contributed by atoms with Gasteiger partial charge in [0.25, 0.3) is 0 Å². The van der Waals surface area contributed by atoms with Gasteiger partial charge in [-0.1, -0.05) is 24.3 Å². The van der Waals surface area contributed by atoms with Crippen LogP contribution in [0.25, 0.3) is 0 Å². The van der Waals surface area contributed by atoms with Gasteiger partial charge in [-0.3, -0.25) is 0 Å². The highest BCUT2D eigenvalue weighted by molar-refractivity contribution is 7.07. The first-order chi connectivity index (χ1) is 10.2. The van der Waals surface area contributed by atoms with Gasteiger partial charge in [0.15, 0.2) is 0 Å². The van der Waals surface area contributed by atoms with Crippen LogP contribution >= 0.6 is 11.3 Å². The predicted octanol–water partition coefficient (Wildman–Crippen LogP) is 2.77. The van der Waals surface area contributed by atoms with Crippen molar-refractivity contribution in [2.24, 2.45) is 0 Å². The zero-order valence-corrected chi connectivity index (χ0v) is 12.4. The number of fused-ring (bicyclic) bond motifs is 1. The number of benzene rings is 1. The Balaban J connectivity index is 1.51. The molecule has 0 radical (unpaired) electrons. The van der Waals surface area contributed by atoms with Crippen molar-refractivity contribution in [2.45, 2.75) is 25.0 Å². The van der Waals surface area contributed by atoms with E-state index in [1.54, 1.807) is 0 Å². The van der Waals surface area contributed by atoms with Gasteiger partial charge in [0, 0.05) is 6.54 Å². The number of rotatable bonds is 4. The summed E-state index contributed by atoms with van der Waals surface area (Å²) in [4.78, 5) is 12.0. The van der Waals surface area contributed by atoms with Gasteiger partial charge in [-0.2, -0.15) is 11.3 Å². The summed E-state index contributed by atoms with van der Waals surface area (Å²) >= 11 is 1.53. The highest BCUT2D eigenvalue weighted by Gasteiger charge is 2.23. The van der Waals surface area contributed by atoms with Crippen molar-refractivity contribution in [3.63, 3.8) is 0 Å². The van der Waals surface area contributed by atoms with Gasteiger partial charge in [0.2, 0.25) is 0 Å². The Morgan fingerprint density at radius 3 is 3.05 bits per heavy atom. The topological polar surface area (TPSA) is 61.4 Å². The van der Waals surface area contributed by atoms with Crippen LogP contribution in [0.1, 0.15) is 35.3 Å². The van der Waals surface area contributed by atoms with Gasteiger partial charge in [0.1, 0.15) is 0 Å². The standard InChI is InChI=1S/C16H18N2O2S/c19-15(12-7-8-21-10-12)9-17-16(20)18-14-6-5-11-3-1-2-4-13(11)14/h1-4,7-8,10,14-15,19H,5-6,9H2,(H2,17,18,20). The van der Waals surface area contributed by atoms with Gasteiger partial charge in [-0.25, -0.2) is 4.79 Å². The molecule has 0 saturated heterocycles. The number of aliphatic hydroxyl groups is 1. The fourth-order valence-corrected chi connectivity index (χ4v) is 3.40. The van der Waals surface area contributed by atoms with Crippen molar-refractivity contribution in [3.8, 4) is 0 Å². The monoisotopic (exact) mass is 302 g/mol. The third-order valence-corrected chi connectivity index (χ3v) is 4.52. The molecule has 0 spiro atoms. The Morgan fingerprint density at radius 2 is 2.24 bits per heavy atom. The molecule has 21 heavy (non-hydrogen) atoms. The lowest BCUT2D eigenvalue weighted by molar-refractivity contribution is 0.173. The van der Waals surface area contributed by atoms with Gasteiger partial charge in [-0.05, 0) is 46.4 Å². The first-order valence-corrected chi connectivity index (χ1v) is 8.00. The average Bonchev–Trinajstić information content (AvgIpc) is 3.15. The lowest BCUT2D eigenvalue weighted by Gasteiger charge is -2.16. The van der Waals surface area contributed by atoms with E-state index >= 15 is 0 Å². The number of aliphatic hydroxyl groups excluding tert-OH is 1. The van der Waals surface area contributed by atoms with E-state index < -0.39 is 6.10 Å². The molecular formula is C16H18N2O2S. The van der Waals surface area contributed by atoms with Crippen molar-refractivity contribution in [1.29, 1.82) is 0 Å². The lowest BCUT2D eigenvalue weighted by Crippen LogP contribution is -2.39. The number of aryl methyl sites for hydroxylation is 1. The molecule has 0 aliphatic heterocycles. The smallest absolute Gasteiger partial charge is 0.315 e. The van der Waals surface area contributed by atoms with Crippen LogP contribution in [0.15, 0.2) is 41.1 Å². The average molecular weight is 302 g/mol. The molecule has 2 aromatic rings. The lowest BCUT2D eigenvalue weighted by atomic mass is 10.1. The number of nitrogens with one attached hydrogen (secondary N) is 2. The van der Waals surface area contributed by atoms with Gasteiger partial charge < -0.3 is 15.7 Å². The van der Waals surface area contributed by atoms with E-state index in [0.717, 1.165) is 18.4 Å². The third-order valence-electron chi connectivity index (χ3n) is 3.82. The largest absolute Gasteiger partial charge is 0.387 e. The maximum atomic E-state index is 12.0. The summed E-state index contributed by atoms with van der Waals surface area (Å²) in [7, 11) is 0. The number of carbonyl (C=O) groups is 1. The number of carbonyl (C=O) groups excluding carboxylic acids is 1. The molecule has 1 aromatic carbocycles. The quantitative estimate of drug-likeness (QED) is 0.813. The molecule has 5 heteroatoms. The molecule has 1 heterocycles. The van der Waals surface area contributed by atoms with E-state index in [1.165, 1.54) is 22.5 Å². The molecule has 1 aliphatic carbocycles. The van der Waals surface area contributed by atoms with Crippen LogP contribution in [0, 0.1) is 0 Å². The molecular weight excluding hydrogens is 284 g/mol. The second-order valence-corrected chi connectivity index (χ2v) is 6.00. The van der Waals surface area contributed by atoms with E-state index in [9.17, 15) is 9.90 Å². The molecule has 2 atom stereocenters. The molecule has 4 nitrogen and oxygen atoms in total. The summed E-state index contributed by atoms with van der Waals surface area (Å²) in [5, 5.41) is 19.4. The van der Waals surface area contributed by atoms with Crippen LogP contribution in [0.5, 0.6) is 0 Å². The fraction of sp³-hybridized carbons (Fsp3) is 0.312. The first kappa shape index (κ1) is 14.1. The SMILES string of the molecule is O=C(NCC(O)c1ccsc1)NC1CCc2ccccc21. The minimum atomic E-state index is -0.655. The molecule has 110 valence electrons. The van der Waals surface area contributed by atoms with Crippen LogP contribution in [0.4, 0.5) is 4.79 Å². The fourth-order valence-electron chi connectivity index (χ4n) is 2.69. The minimum absolute atomic E-state index is 0.0690. The first-order valence-electron chi connectivity index (χ1n) is 7.06. The Bertz CT molecular complexity index is 612. The second-order valence-electron chi connectivity index (χ2n) is 5.22. The molecule has 2 amide bonds. The van der Waals surface area contributed by atoms with E-state index in [-0.39, 0.29) is 18.6 Å². The van der Waals surface area contributed by atoms with Gasteiger partial charge >= 0.3 is 6.03 Å². The summed E-state index contributed by atoms with van der Waals surface area (Å²) in [6.07, 6.45) is 1.27. The molecule has 3 N–H and O–H groups in total. The summed E-state index contributed by atoms with van der Waals surface area (Å²) in [6, 6.07) is 9.89. The zero-order valence-electron chi connectivity index (χ0n) is 11.6. The predicted molar refractivity (Wildman–Crippen MR) is 83.3 cm³/mol. The second kappa shape index (κ2) is 6.28. The maximum Gasteiger partial charge on any atom is 0.315 e. The molecule has 1 aromatic heterocycles. The molecule has 2 unspecified atom stereocenters. The van der Waals surface area contributed by atoms with Crippen LogP contribution in [-0.2, 0) is 6.42 Å². The van der Waals surface area contributed by atoms with E-state index in [1.807, 2.05) is 29.0 Å².